The molecule has 0 radical (unpaired) electrons. The van der Waals surface area contributed by atoms with Crippen molar-refractivity contribution in [2.45, 2.75) is 32.8 Å². The number of fused-ring (bicyclic) bond motifs is 1. The van der Waals surface area contributed by atoms with Gasteiger partial charge in [0.1, 0.15) is 18.7 Å². The maximum atomic E-state index is 11.1. The molecular formula is C26H22ClN3O3. The molecule has 2 aromatic heterocycles. The Morgan fingerprint density at radius 1 is 1.21 bits per heavy atom. The van der Waals surface area contributed by atoms with Crippen molar-refractivity contribution in [1.82, 2.24) is 14.6 Å². The third kappa shape index (κ3) is 5.16. The molecule has 4 rings (SSSR count). The average Bonchev–Trinajstić information content (AvgIpc) is 3.28. The Balaban J connectivity index is 1.58. The smallest absolute Gasteiger partial charge is 0.304 e. The Morgan fingerprint density at radius 2 is 2.00 bits per heavy atom. The van der Waals surface area contributed by atoms with Crippen molar-refractivity contribution < 1.29 is 14.6 Å². The molecule has 6 nitrogen and oxygen atoms in total. The highest BCUT2D eigenvalue weighted by molar-refractivity contribution is 6.30. The molecule has 1 N–H and O–H groups in total. The zero-order chi connectivity index (χ0) is 23.4. The SMILES string of the molecule is CC#CC(CC(=O)O)c1ccc(OCc2cc(-c3cc(Cl)ccc3C)cn3ncnc23)cc1. The largest absolute Gasteiger partial charge is 0.489 e. The zero-order valence-corrected chi connectivity index (χ0v) is 19.0. The van der Waals surface area contributed by atoms with Crippen molar-refractivity contribution >= 4 is 23.2 Å². The lowest BCUT2D eigenvalue weighted by Gasteiger charge is -2.13. The van der Waals surface area contributed by atoms with E-state index in [4.69, 9.17) is 21.4 Å². The van der Waals surface area contributed by atoms with Crippen LogP contribution in [0.15, 0.2) is 61.1 Å². The molecule has 0 saturated heterocycles. The number of hydrogen-bond acceptors (Lipinski definition) is 4. The van der Waals surface area contributed by atoms with Gasteiger partial charge in [0.05, 0.1) is 12.3 Å². The standard InChI is InChI=1S/C26H22ClN3O3/c1-3-4-19(12-25(31)32)18-6-9-23(10-7-18)33-15-21-11-20(14-30-26(21)28-16-29-30)24-13-22(27)8-5-17(24)2/h5-11,13-14,16,19H,12,15H2,1-2H3,(H,31,32). The minimum absolute atomic E-state index is 0.0401. The maximum Gasteiger partial charge on any atom is 0.304 e. The van der Waals surface area contributed by atoms with E-state index in [1.54, 1.807) is 11.4 Å². The second-order valence-corrected chi connectivity index (χ2v) is 8.08. The van der Waals surface area contributed by atoms with Gasteiger partial charge in [-0.1, -0.05) is 35.7 Å². The monoisotopic (exact) mass is 459 g/mol. The molecule has 0 aliphatic heterocycles. The quantitative estimate of drug-likeness (QED) is 0.368. The molecule has 0 aliphatic rings. The number of rotatable bonds is 7. The fourth-order valence-electron chi connectivity index (χ4n) is 3.71. The highest BCUT2D eigenvalue weighted by atomic mass is 35.5. The number of ether oxygens (including phenoxy) is 1. The van der Waals surface area contributed by atoms with E-state index in [1.807, 2.05) is 61.7 Å². The molecular weight excluding hydrogens is 438 g/mol. The molecule has 33 heavy (non-hydrogen) atoms. The van der Waals surface area contributed by atoms with Crippen molar-refractivity contribution in [1.29, 1.82) is 0 Å². The molecule has 1 atom stereocenters. The first-order valence-electron chi connectivity index (χ1n) is 10.4. The van der Waals surface area contributed by atoms with Crippen LogP contribution in [0.2, 0.25) is 5.02 Å². The first-order valence-corrected chi connectivity index (χ1v) is 10.8. The summed E-state index contributed by atoms with van der Waals surface area (Å²) in [4.78, 5) is 15.5. The second kappa shape index (κ2) is 9.76. The zero-order valence-electron chi connectivity index (χ0n) is 18.2. The Bertz CT molecular complexity index is 1370. The summed E-state index contributed by atoms with van der Waals surface area (Å²) in [5.41, 5.74) is 5.54. The van der Waals surface area contributed by atoms with Gasteiger partial charge in [-0.3, -0.25) is 4.79 Å². The molecule has 166 valence electrons. The van der Waals surface area contributed by atoms with Gasteiger partial charge in [-0.25, -0.2) is 9.50 Å². The van der Waals surface area contributed by atoms with Crippen LogP contribution in [-0.4, -0.2) is 25.7 Å². The molecule has 2 heterocycles. The van der Waals surface area contributed by atoms with Gasteiger partial charge in [0, 0.05) is 22.3 Å². The number of carboxylic acid groups (broad SMARTS) is 1. The first kappa shape index (κ1) is 22.4. The normalized spacial score (nSPS) is 11.6. The molecule has 0 amide bonds. The van der Waals surface area contributed by atoms with Crippen LogP contribution in [0, 0.1) is 18.8 Å². The number of pyridine rings is 1. The van der Waals surface area contributed by atoms with Crippen LogP contribution in [0.1, 0.15) is 36.0 Å². The summed E-state index contributed by atoms with van der Waals surface area (Å²) in [5.74, 6) is 5.20. The van der Waals surface area contributed by atoms with Crippen molar-refractivity contribution in [3.63, 3.8) is 0 Å². The number of aliphatic carboxylic acids is 1. The highest BCUT2D eigenvalue weighted by Gasteiger charge is 2.14. The summed E-state index contributed by atoms with van der Waals surface area (Å²) in [6.45, 7) is 4.04. The molecule has 0 spiro atoms. The topological polar surface area (TPSA) is 76.7 Å². The minimum atomic E-state index is -0.879. The fraction of sp³-hybridized carbons (Fsp3) is 0.192. The van der Waals surface area contributed by atoms with Gasteiger partial charge >= 0.3 is 5.97 Å². The Morgan fingerprint density at radius 3 is 2.73 bits per heavy atom. The predicted molar refractivity (Wildman–Crippen MR) is 127 cm³/mol. The van der Waals surface area contributed by atoms with E-state index in [0.717, 1.165) is 33.5 Å². The number of nitrogens with zero attached hydrogens (tertiary/aromatic N) is 3. The van der Waals surface area contributed by atoms with Gasteiger partial charge in [0.2, 0.25) is 0 Å². The summed E-state index contributed by atoms with van der Waals surface area (Å²) in [6.07, 6.45) is 3.40. The molecule has 0 fully saturated rings. The molecule has 1 unspecified atom stereocenters. The van der Waals surface area contributed by atoms with Crippen molar-refractivity contribution in [3.8, 4) is 28.7 Å². The van der Waals surface area contributed by atoms with Gasteiger partial charge < -0.3 is 9.84 Å². The van der Waals surface area contributed by atoms with Gasteiger partial charge in [-0.15, -0.1) is 5.92 Å². The summed E-state index contributed by atoms with van der Waals surface area (Å²) in [5, 5.41) is 14.1. The summed E-state index contributed by atoms with van der Waals surface area (Å²) < 4.78 is 7.76. The van der Waals surface area contributed by atoms with Crippen LogP contribution >= 0.6 is 11.6 Å². The number of aromatic nitrogens is 3. The summed E-state index contributed by atoms with van der Waals surface area (Å²) >= 11 is 6.23. The minimum Gasteiger partial charge on any atom is -0.489 e. The van der Waals surface area contributed by atoms with Crippen molar-refractivity contribution in [2.75, 3.05) is 0 Å². The van der Waals surface area contributed by atoms with Crippen LogP contribution < -0.4 is 4.74 Å². The number of carbonyl (C=O) groups is 1. The van der Waals surface area contributed by atoms with Crippen LogP contribution in [-0.2, 0) is 11.4 Å². The lowest BCUT2D eigenvalue weighted by Crippen LogP contribution is -2.05. The summed E-state index contributed by atoms with van der Waals surface area (Å²) in [6, 6.07) is 15.2. The van der Waals surface area contributed by atoms with Crippen molar-refractivity contribution in [2.24, 2.45) is 0 Å². The first-order chi connectivity index (χ1) is 15.9. The van der Waals surface area contributed by atoms with Gasteiger partial charge in [0.25, 0.3) is 0 Å². The lowest BCUT2D eigenvalue weighted by atomic mass is 9.96. The van der Waals surface area contributed by atoms with E-state index in [9.17, 15) is 4.79 Å². The van der Waals surface area contributed by atoms with Crippen LogP contribution in [0.5, 0.6) is 5.75 Å². The molecule has 2 aromatic carbocycles. The van der Waals surface area contributed by atoms with Crippen molar-refractivity contribution in [3.05, 3.63) is 82.8 Å². The van der Waals surface area contributed by atoms with E-state index >= 15 is 0 Å². The number of hydrogen-bond donors (Lipinski definition) is 1. The highest BCUT2D eigenvalue weighted by Crippen LogP contribution is 2.29. The second-order valence-electron chi connectivity index (χ2n) is 7.64. The number of aryl methyl sites for hydroxylation is 1. The van der Waals surface area contributed by atoms with E-state index in [-0.39, 0.29) is 12.3 Å². The Kier molecular flexibility index (Phi) is 6.62. The van der Waals surface area contributed by atoms with Crippen LogP contribution in [0.4, 0.5) is 0 Å². The van der Waals surface area contributed by atoms with Gasteiger partial charge in [-0.05, 0) is 60.9 Å². The molecule has 7 heteroatoms. The van der Waals surface area contributed by atoms with E-state index < -0.39 is 5.97 Å². The molecule has 0 bridgehead atoms. The lowest BCUT2D eigenvalue weighted by molar-refractivity contribution is -0.137. The van der Waals surface area contributed by atoms with Gasteiger partial charge in [0.15, 0.2) is 5.65 Å². The predicted octanol–water partition coefficient (Wildman–Crippen LogP) is 5.52. The number of benzene rings is 2. The average molecular weight is 460 g/mol. The molecule has 0 aliphatic carbocycles. The van der Waals surface area contributed by atoms with Crippen LogP contribution in [0.3, 0.4) is 0 Å². The van der Waals surface area contributed by atoms with Gasteiger partial charge in [-0.2, -0.15) is 5.10 Å². The Hall–Kier alpha value is -3.82. The van der Waals surface area contributed by atoms with Crippen LogP contribution in [0.25, 0.3) is 16.8 Å². The number of carboxylic acids is 1. The van der Waals surface area contributed by atoms with E-state index in [1.165, 1.54) is 6.33 Å². The molecule has 0 saturated carbocycles. The third-order valence-electron chi connectivity index (χ3n) is 5.34. The molecule has 4 aromatic rings. The van der Waals surface area contributed by atoms with E-state index in [2.05, 4.69) is 21.9 Å². The summed E-state index contributed by atoms with van der Waals surface area (Å²) in [7, 11) is 0. The third-order valence-corrected chi connectivity index (χ3v) is 5.57. The Labute approximate surface area is 196 Å². The van der Waals surface area contributed by atoms with E-state index in [0.29, 0.717) is 17.4 Å². The maximum absolute atomic E-state index is 11.1. The number of halogens is 1. The fourth-order valence-corrected chi connectivity index (χ4v) is 3.89.